The van der Waals surface area contributed by atoms with Crippen molar-refractivity contribution in [2.24, 2.45) is 5.73 Å². The molecule has 0 unspecified atom stereocenters. The predicted octanol–water partition coefficient (Wildman–Crippen LogP) is 1.39. The molecular weight excluding hydrogens is 332 g/mol. The van der Waals surface area contributed by atoms with Gasteiger partial charge in [0.2, 0.25) is 10.0 Å². The molecular formula is C15H24N4O4S. The fraction of sp³-hybridized carbons (Fsp3) is 0.533. The van der Waals surface area contributed by atoms with Crippen LogP contribution in [0, 0.1) is 0 Å². The Balaban J connectivity index is 1.98. The lowest BCUT2D eigenvalue weighted by atomic mass is 9.95. The van der Waals surface area contributed by atoms with E-state index in [-0.39, 0.29) is 18.0 Å². The van der Waals surface area contributed by atoms with Crippen LogP contribution in [-0.2, 0) is 14.8 Å². The average molecular weight is 356 g/mol. The van der Waals surface area contributed by atoms with Crippen molar-refractivity contribution >= 4 is 27.5 Å². The molecule has 1 saturated carbocycles. The van der Waals surface area contributed by atoms with Gasteiger partial charge in [-0.3, -0.25) is 0 Å². The first-order valence-corrected chi connectivity index (χ1v) is 9.45. The minimum absolute atomic E-state index is 0.0622. The number of carbonyl (C=O) groups excluding carboxylic acids is 1. The van der Waals surface area contributed by atoms with Crippen LogP contribution in [0.25, 0.3) is 0 Å². The summed E-state index contributed by atoms with van der Waals surface area (Å²) in [6, 6.07) is 4.98. The molecule has 8 nitrogen and oxygen atoms in total. The maximum absolute atomic E-state index is 12.2. The quantitative estimate of drug-likeness (QED) is 0.430. The summed E-state index contributed by atoms with van der Waals surface area (Å²) < 4.78 is 31.1. The molecule has 1 aromatic carbocycles. The molecule has 2 rings (SSSR count). The van der Waals surface area contributed by atoms with Gasteiger partial charge in [-0.1, -0.05) is 19.3 Å². The molecule has 0 atom stereocenters. The van der Waals surface area contributed by atoms with Gasteiger partial charge < -0.3 is 21.5 Å². The lowest BCUT2D eigenvalue weighted by Crippen LogP contribution is -2.29. The number of nitrogens with one attached hydrogen (secondary N) is 2. The van der Waals surface area contributed by atoms with E-state index >= 15 is 0 Å². The zero-order chi connectivity index (χ0) is 17.6. The van der Waals surface area contributed by atoms with E-state index in [4.69, 9.17) is 11.5 Å². The van der Waals surface area contributed by atoms with Gasteiger partial charge in [-0.05, 0) is 31.0 Å². The van der Waals surface area contributed by atoms with E-state index in [2.05, 4.69) is 14.8 Å². The van der Waals surface area contributed by atoms with Crippen LogP contribution in [0.3, 0.4) is 0 Å². The maximum Gasteiger partial charge on any atom is 0.404 e. The molecule has 1 amide bonds. The number of hydrogen-bond donors (Lipinski definition) is 4. The monoisotopic (exact) mass is 356 g/mol. The number of anilines is 2. The van der Waals surface area contributed by atoms with E-state index in [9.17, 15) is 13.2 Å². The van der Waals surface area contributed by atoms with Crippen LogP contribution in [-0.4, -0.2) is 33.7 Å². The minimum Gasteiger partial charge on any atom is -0.448 e. The van der Waals surface area contributed by atoms with E-state index < -0.39 is 16.1 Å². The van der Waals surface area contributed by atoms with Gasteiger partial charge in [0, 0.05) is 12.6 Å². The zero-order valence-corrected chi connectivity index (χ0v) is 14.3. The fourth-order valence-corrected chi connectivity index (χ4v) is 3.77. The normalized spacial score (nSPS) is 15.8. The number of amides is 1. The molecule has 6 N–H and O–H groups in total. The lowest BCUT2D eigenvalue weighted by Gasteiger charge is -2.24. The van der Waals surface area contributed by atoms with Gasteiger partial charge in [0.15, 0.2) is 0 Å². The summed E-state index contributed by atoms with van der Waals surface area (Å²) in [4.78, 5) is 10.5. The van der Waals surface area contributed by atoms with Gasteiger partial charge in [-0.25, -0.2) is 17.9 Å². The van der Waals surface area contributed by atoms with Crippen molar-refractivity contribution in [1.29, 1.82) is 0 Å². The molecule has 0 aliphatic heterocycles. The third-order valence-corrected chi connectivity index (χ3v) is 5.40. The summed E-state index contributed by atoms with van der Waals surface area (Å²) >= 11 is 0. The molecule has 0 heterocycles. The zero-order valence-electron chi connectivity index (χ0n) is 13.5. The molecule has 1 fully saturated rings. The first kappa shape index (κ1) is 18.3. The standard InChI is InChI=1S/C15H24N4O4S/c16-13-10-12(24(21,22)18-8-9-23-15(17)20)6-7-14(13)19-11-4-2-1-3-5-11/h6-7,10-11,18-19H,1-5,8-9,16H2,(H2,17,20). The highest BCUT2D eigenvalue weighted by Crippen LogP contribution is 2.27. The van der Waals surface area contributed by atoms with E-state index in [1.165, 1.54) is 31.4 Å². The Bertz CT molecular complexity index is 672. The van der Waals surface area contributed by atoms with Gasteiger partial charge in [-0.15, -0.1) is 0 Å². The molecule has 1 aliphatic carbocycles. The van der Waals surface area contributed by atoms with Gasteiger partial charge >= 0.3 is 6.09 Å². The van der Waals surface area contributed by atoms with Crippen molar-refractivity contribution in [2.45, 2.75) is 43.0 Å². The molecule has 0 bridgehead atoms. The van der Waals surface area contributed by atoms with Crippen LogP contribution < -0.4 is 21.5 Å². The molecule has 24 heavy (non-hydrogen) atoms. The third kappa shape index (κ3) is 5.27. The van der Waals surface area contributed by atoms with E-state index in [1.54, 1.807) is 6.07 Å². The van der Waals surface area contributed by atoms with Gasteiger partial charge in [0.25, 0.3) is 0 Å². The number of ether oxygens (including phenoxy) is 1. The molecule has 134 valence electrons. The van der Waals surface area contributed by atoms with Gasteiger partial charge in [0.05, 0.1) is 16.3 Å². The molecule has 1 aromatic rings. The van der Waals surface area contributed by atoms with Crippen LogP contribution >= 0.6 is 0 Å². The van der Waals surface area contributed by atoms with Crippen molar-refractivity contribution in [2.75, 3.05) is 24.2 Å². The van der Waals surface area contributed by atoms with Crippen LogP contribution in [0.15, 0.2) is 23.1 Å². The first-order valence-electron chi connectivity index (χ1n) is 7.96. The molecule has 0 saturated heterocycles. The smallest absolute Gasteiger partial charge is 0.404 e. The maximum atomic E-state index is 12.2. The topological polar surface area (TPSA) is 137 Å². The van der Waals surface area contributed by atoms with Crippen LogP contribution in [0.4, 0.5) is 16.2 Å². The Morgan fingerprint density at radius 3 is 2.58 bits per heavy atom. The Kier molecular flexibility index (Phi) is 6.27. The molecule has 1 aliphatic rings. The highest BCUT2D eigenvalue weighted by atomic mass is 32.2. The Hall–Kier alpha value is -2.00. The number of benzene rings is 1. The van der Waals surface area contributed by atoms with Crippen molar-refractivity contribution in [3.05, 3.63) is 18.2 Å². The Labute approximate surface area is 142 Å². The summed E-state index contributed by atoms with van der Waals surface area (Å²) in [6.45, 7) is -0.196. The number of nitrogen functional groups attached to an aromatic ring is 1. The van der Waals surface area contributed by atoms with Crippen LogP contribution in [0.1, 0.15) is 32.1 Å². The summed E-state index contributed by atoms with van der Waals surface area (Å²) in [5, 5.41) is 3.38. The van der Waals surface area contributed by atoms with E-state index in [0.29, 0.717) is 11.7 Å². The highest BCUT2D eigenvalue weighted by molar-refractivity contribution is 7.89. The van der Waals surface area contributed by atoms with Crippen molar-refractivity contribution in [3.63, 3.8) is 0 Å². The number of rotatable bonds is 7. The second kappa shape index (κ2) is 8.20. The second-order valence-corrected chi connectivity index (χ2v) is 7.56. The molecule has 0 radical (unpaired) electrons. The van der Waals surface area contributed by atoms with E-state index in [1.807, 2.05) is 0 Å². The highest BCUT2D eigenvalue weighted by Gasteiger charge is 2.17. The summed E-state index contributed by atoms with van der Waals surface area (Å²) in [6.07, 6.45) is 4.90. The fourth-order valence-electron chi connectivity index (χ4n) is 2.72. The summed E-state index contributed by atoms with van der Waals surface area (Å²) in [5.74, 6) is 0. The van der Waals surface area contributed by atoms with Crippen LogP contribution in [0.2, 0.25) is 0 Å². The number of carbonyl (C=O) groups is 1. The molecule has 0 spiro atoms. The van der Waals surface area contributed by atoms with Gasteiger partial charge in [0.1, 0.15) is 6.61 Å². The number of sulfonamides is 1. The second-order valence-electron chi connectivity index (χ2n) is 5.79. The van der Waals surface area contributed by atoms with Gasteiger partial charge in [-0.2, -0.15) is 0 Å². The largest absolute Gasteiger partial charge is 0.448 e. The van der Waals surface area contributed by atoms with Crippen molar-refractivity contribution < 1.29 is 17.9 Å². The third-order valence-electron chi connectivity index (χ3n) is 3.94. The minimum atomic E-state index is -3.72. The van der Waals surface area contributed by atoms with Crippen LogP contribution in [0.5, 0.6) is 0 Å². The Morgan fingerprint density at radius 2 is 1.96 bits per heavy atom. The van der Waals surface area contributed by atoms with E-state index in [0.717, 1.165) is 18.5 Å². The van der Waals surface area contributed by atoms with Crippen molar-refractivity contribution in [3.8, 4) is 0 Å². The van der Waals surface area contributed by atoms with Crippen molar-refractivity contribution in [1.82, 2.24) is 4.72 Å². The number of hydrogen-bond acceptors (Lipinski definition) is 6. The molecule has 9 heteroatoms. The summed E-state index contributed by atoms with van der Waals surface area (Å²) in [7, 11) is -3.72. The first-order chi connectivity index (χ1) is 11.4. The SMILES string of the molecule is NC(=O)OCCNS(=O)(=O)c1ccc(NC2CCCCC2)c(N)c1. The average Bonchev–Trinajstić information content (AvgIpc) is 2.54. The Morgan fingerprint density at radius 1 is 1.25 bits per heavy atom. The molecule has 0 aromatic heterocycles. The number of nitrogens with two attached hydrogens (primary N) is 2. The predicted molar refractivity (Wildman–Crippen MR) is 92.1 cm³/mol. The summed E-state index contributed by atoms with van der Waals surface area (Å²) in [5.41, 5.74) is 11.9. The lowest BCUT2D eigenvalue weighted by molar-refractivity contribution is 0.159. The number of primary amides is 1.